The second kappa shape index (κ2) is 11.1. The lowest BCUT2D eigenvalue weighted by atomic mass is 9.98. The molecular weight excluding hydrogens is 420 g/mol. The van der Waals surface area contributed by atoms with E-state index < -0.39 is 18.1 Å². The van der Waals surface area contributed by atoms with Gasteiger partial charge in [0.1, 0.15) is 12.6 Å². The first-order valence-electron chi connectivity index (χ1n) is 10.9. The van der Waals surface area contributed by atoms with Gasteiger partial charge in [0.25, 0.3) is 0 Å². The normalized spacial score (nSPS) is 13.5. The summed E-state index contributed by atoms with van der Waals surface area (Å²) in [4.78, 5) is 36.2. The first-order valence-corrected chi connectivity index (χ1v) is 10.9. The Kier molecular flexibility index (Phi) is 8.02. The standard InChI is InChI=1S/C21H23NO4.C5H5NO/c1-3-13(2)19(20(23)24)22-21(25)26-12-18-16-10-6-4-8-14(16)15-9-5-7-11-17(15)18;7-5-3-1-2-4-6-5/h4-11,13,18-19H,3,12H2,1-2H3,(H,22,25)(H,23,24);1-4H,(H,6,7)/t13-,19-;/m0./s1. The number of carboxylic acids is 1. The van der Waals surface area contributed by atoms with Gasteiger partial charge in [-0.2, -0.15) is 0 Å². The van der Waals surface area contributed by atoms with E-state index in [2.05, 4.69) is 22.4 Å². The minimum absolute atomic E-state index is 0.0416. The van der Waals surface area contributed by atoms with Crippen molar-refractivity contribution in [2.75, 3.05) is 6.61 Å². The molecule has 1 aliphatic carbocycles. The molecule has 0 radical (unpaired) electrons. The topological polar surface area (TPSA) is 108 Å². The minimum Gasteiger partial charge on any atom is -0.480 e. The molecule has 0 aliphatic heterocycles. The van der Waals surface area contributed by atoms with Gasteiger partial charge in [-0.25, -0.2) is 9.59 Å². The molecule has 1 aromatic heterocycles. The highest BCUT2D eigenvalue weighted by Crippen LogP contribution is 2.44. The molecule has 0 saturated carbocycles. The lowest BCUT2D eigenvalue weighted by Gasteiger charge is -2.21. The summed E-state index contributed by atoms with van der Waals surface area (Å²) in [6.45, 7) is 3.86. The number of aliphatic carboxylic acids is 1. The van der Waals surface area contributed by atoms with Crippen molar-refractivity contribution in [3.8, 4) is 11.1 Å². The smallest absolute Gasteiger partial charge is 0.407 e. The molecule has 0 unspecified atom stereocenters. The van der Waals surface area contributed by atoms with E-state index in [1.54, 1.807) is 25.3 Å². The number of carbonyl (C=O) groups is 2. The van der Waals surface area contributed by atoms with E-state index >= 15 is 0 Å². The van der Waals surface area contributed by atoms with E-state index in [4.69, 9.17) is 4.74 Å². The van der Waals surface area contributed by atoms with Gasteiger partial charge in [0.05, 0.1) is 0 Å². The first-order chi connectivity index (χ1) is 15.9. The zero-order chi connectivity index (χ0) is 23.8. The fourth-order valence-corrected chi connectivity index (χ4v) is 3.83. The average molecular weight is 449 g/mol. The summed E-state index contributed by atoms with van der Waals surface area (Å²) in [5.41, 5.74) is 4.50. The molecule has 2 aromatic carbocycles. The van der Waals surface area contributed by atoms with E-state index in [9.17, 15) is 19.5 Å². The van der Waals surface area contributed by atoms with Crippen molar-refractivity contribution in [3.63, 3.8) is 0 Å². The number of carbonyl (C=O) groups excluding carboxylic acids is 1. The van der Waals surface area contributed by atoms with Crippen LogP contribution in [0.1, 0.15) is 37.3 Å². The Balaban J connectivity index is 0.000000374. The lowest BCUT2D eigenvalue weighted by molar-refractivity contribution is -0.140. The van der Waals surface area contributed by atoms with Gasteiger partial charge < -0.3 is 20.1 Å². The number of carboxylic acid groups (broad SMARTS) is 1. The lowest BCUT2D eigenvalue weighted by Crippen LogP contribution is -2.45. The van der Waals surface area contributed by atoms with Crippen molar-refractivity contribution in [2.45, 2.75) is 32.2 Å². The zero-order valence-corrected chi connectivity index (χ0v) is 18.7. The van der Waals surface area contributed by atoms with Gasteiger partial charge in [-0.3, -0.25) is 4.79 Å². The molecular formula is C26H28N2O5. The van der Waals surface area contributed by atoms with Crippen molar-refractivity contribution >= 4 is 12.1 Å². The highest BCUT2D eigenvalue weighted by Gasteiger charge is 2.30. The Labute approximate surface area is 192 Å². The molecule has 172 valence electrons. The number of nitrogens with one attached hydrogen (secondary N) is 2. The van der Waals surface area contributed by atoms with Crippen LogP contribution in [0, 0.1) is 5.92 Å². The van der Waals surface area contributed by atoms with E-state index in [-0.39, 0.29) is 24.0 Å². The van der Waals surface area contributed by atoms with Gasteiger partial charge in [0.15, 0.2) is 0 Å². The summed E-state index contributed by atoms with van der Waals surface area (Å²) in [6, 6.07) is 20.1. The van der Waals surface area contributed by atoms with Gasteiger partial charge in [0.2, 0.25) is 5.56 Å². The Morgan fingerprint density at radius 2 is 1.58 bits per heavy atom. The number of ether oxygens (including phenoxy) is 1. The predicted octanol–water partition coefficient (Wildman–Crippen LogP) is 4.40. The maximum absolute atomic E-state index is 12.2. The fourth-order valence-electron chi connectivity index (χ4n) is 3.83. The molecule has 0 saturated heterocycles. The Morgan fingerprint density at radius 1 is 1.00 bits per heavy atom. The summed E-state index contributed by atoms with van der Waals surface area (Å²) < 4.78 is 5.40. The number of aromatic amines is 1. The number of pyridine rings is 1. The van der Waals surface area contributed by atoms with E-state index in [0.717, 1.165) is 22.3 Å². The number of amides is 1. The summed E-state index contributed by atoms with van der Waals surface area (Å²) in [5, 5.41) is 11.8. The van der Waals surface area contributed by atoms with E-state index in [1.807, 2.05) is 43.3 Å². The number of aromatic nitrogens is 1. The maximum atomic E-state index is 12.2. The van der Waals surface area contributed by atoms with Crippen LogP contribution < -0.4 is 10.9 Å². The number of benzene rings is 2. The maximum Gasteiger partial charge on any atom is 0.407 e. The van der Waals surface area contributed by atoms with Gasteiger partial charge >= 0.3 is 12.1 Å². The molecule has 4 rings (SSSR count). The summed E-state index contributed by atoms with van der Waals surface area (Å²) in [7, 11) is 0. The molecule has 1 amide bonds. The van der Waals surface area contributed by atoms with Crippen molar-refractivity contribution in [3.05, 3.63) is 94.4 Å². The van der Waals surface area contributed by atoms with Gasteiger partial charge in [-0.05, 0) is 34.2 Å². The molecule has 2 atom stereocenters. The molecule has 3 aromatic rings. The zero-order valence-electron chi connectivity index (χ0n) is 18.7. The Hall–Kier alpha value is -3.87. The molecule has 0 bridgehead atoms. The van der Waals surface area contributed by atoms with Crippen LogP contribution in [0.2, 0.25) is 0 Å². The van der Waals surface area contributed by atoms with Gasteiger partial charge in [-0.1, -0.05) is 74.9 Å². The Bertz CT molecular complexity index is 1090. The van der Waals surface area contributed by atoms with Crippen LogP contribution in [-0.2, 0) is 9.53 Å². The molecule has 7 heteroatoms. The van der Waals surface area contributed by atoms with Crippen LogP contribution >= 0.6 is 0 Å². The van der Waals surface area contributed by atoms with Gasteiger partial charge in [-0.15, -0.1) is 0 Å². The van der Waals surface area contributed by atoms with Crippen molar-refractivity contribution in [1.82, 2.24) is 10.3 Å². The number of fused-ring (bicyclic) bond motifs is 3. The average Bonchev–Trinajstić information content (AvgIpc) is 3.15. The molecule has 0 fully saturated rings. The first kappa shape index (κ1) is 23.8. The molecule has 3 N–H and O–H groups in total. The molecule has 7 nitrogen and oxygen atoms in total. The number of hydrogen-bond donors (Lipinski definition) is 3. The SMILES string of the molecule is CC[C@H](C)[C@H](NC(=O)OCC1c2ccccc2-c2ccccc21)C(=O)O.O=c1cccc[nH]1. The second-order valence-corrected chi connectivity index (χ2v) is 7.90. The second-order valence-electron chi connectivity index (χ2n) is 7.90. The van der Waals surface area contributed by atoms with Crippen LogP contribution in [0.15, 0.2) is 77.7 Å². The number of alkyl carbamates (subject to hydrolysis) is 1. The van der Waals surface area contributed by atoms with Crippen LogP contribution in [0.3, 0.4) is 0 Å². The van der Waals surface area contributed by atoms with Crippen molar-refractivity contribution in [1.29, 1.82) is 0 Å². The van der Waals surface area contributed by atoms with Gasteiger partial charge in [0, 0.05) is 18.2 Å². The molecule has 1 heterocycles. The largest absolute Gasteiger partial charge is 0.480 e. The van der Waals surface area contributed by atoms with E-state index in [0.29, 0.717) is 6.42 Å². The monoisotopic (exact) mass is 448 g/mol. The third kappa shape index (κ3) is 5.88. The van der Waals surface area contributed by atoms with Crippen LogP contribution in [-0.4, -0.2) is 34.8 Å². The summed E-state index contributed by atoms with van der Waals surface area (Å²) >= 11 is 0. The van der Waals surface area contributed by atoms with E-state index in [1.165, 1.54) is 6.07 Å². The summed E-state index contributed by atoms with van der Waals surface area (Å²) in [6.07, 6.45) is 1.56. The minimum atomic E-state index is -1.05. The Morgan fingerprint density at radius 3 is 2.03 bits per heavy atom. The molecule has 0 spiro atoms. The quantitative estimate of drug-likeness (QED) is 0.518. The fraction of sp³-hybridized carbons (Fsp3) is 0.269. The molecule has 1 aliphatic rings. The highest BCUT2D eigenvalue weighted by molar-refractivity contribution is 5.81. The molecule has 33 heavy (non-hydrogen) atoms. The third-order valence-corrected chi connectivity index (χ3v) is 5.78. The van der Waals surface area contributed by atoms with Crippen LogP contribution in [0.4, 0.5) is 4.79 Å². The van der Waals surface area contributed by atoms with Crippen molar-refractivity contribution in [2.24, 2.45) is 5.92 Å². The number of hydrogen-bond acceptors (Lipinski definition) is 4. The number of rotatable bonds is 6. The highest BCUT2D eigenvalue weighted by atomic mass is 16.5. The van der Waals surface area contributed by atoms with Crippen molar-refractivity contribution < 1.29 is 19.4 Å². The third-order valence-electron chi connectivity index (χ3n) is 5.78. The van der Waals surface area contributed by atoms with Crippen LogP contribution in [0.5, 0.6) is 0 Å². The predicted molar refractivity (Wildman–Crippen MR) is 126 cm³/mol. The number of H-pyrrole nitrogens is 1. The summed E-state index contributed by atoms with van der Waals surface area (Å²) in [5.74, 6) is -1.26. The van der Waals surface area contributed by atoms with Crippen LogP contribution in [0.25, 0.3) is 11.1 Å².